The fourth-order valence-corrected chi connectivity index (χ4v) is 3.89. The minimum Gasteiger partial charge on any atom is -0.305 e. The van der Waals surface area contributed by atoms with Gasteiger partial charge in [0, 0.05) is 17.8 Å². The van der Waals surface area contributed by atoms with Crippen LogP contribution in [0, 0.1) is 0 Å². The van der Waals surface area contributed by atoms with E-state index >= 15 is 0 Å². The molecule has 0 radical (unpaired) electrons. The third kappa shape index (κ3) is 4.55. The van der Waals surface area contributed by atoms with Crippen LogP contribution >= 0.6 is 23.1 Å². The third-order valence-electron chi connectivity index (χ3n) is 3.58. The summed E-state index contributed by atoms with van der Waals surface area (Å²) in [5, 5.41) is 11.6. The Kier molecular flexibility index (Phi) is 5.82. The molecule has 0 saturated carbocycles. The van der Waals surface area contributed by atoms with Gasteiger partial charge in [0.15, 0.2) is 5.16 Å². The van der Waals surface area contributed by atoms with Crippen LogP contribution in [0.25, 0.3) is 0 Å². The van der Waals surface area contributed by atoms with Gasteiger partial charge < -0.3 is 4.57 Å². The van der Waals surface area contributed by atoms with Crippen molar-refractivity contribution < 1.29 is 4.79 Å². The van der Waals surface area contributed by atoms with E-state index in [0.717, 1.165) is 30.4 Å². The fraction of sp³-hybridized carbons (Fsp3) is 0.278. The van der Waals surface area contributed by atoms with Crippen LogP contribution in [0.4, 0.5) is 0 Å². The number of hydrogen-bond donors (Lipinski definition) is 0. The highest BCUT2D eigenvalue weighted by molar-refractivity contribution is 7.99. The highest BCUT2D eigenvalue weighted by Crippen LogP contribution is 2.21. The summed E-state index contributed by atoms with van der Waals surface area (Å²) >= 11 is 3.19. The van der Waals surface area contributed by atoms with Gasteiger partial charge in [-0.1, -0.05) is 48.2 Å². The molecule has 124 valence electrons. The number of nitrogens with zero attached hydrogens (tertiary/aromatic N) is 3. The molecule has 2 aromatic heterocycles. The van der Waals surface area contributed by atoms with E-state index in [4.69, 9.17) is 0 Å². The van der Waals surface area contributed by atoms with Crippen molar-refractivity contribution in [3.63, 3.8) is 0 Å². The van der Waals surface area contributed by atoms with Gasteiger partial charge in [-0.2, -0.15) is 0 Å². The summed E-state index contributed by atoms with van der Waals surface area (Å²) in [6.45, 7) is 2.42. The number of aromatic nitrogens is 3. The lowest BCUT2D eigenvalue weighted by molar-refractivity contribution is -0.114. The summed E-state index contributed by atoms with van der Waals surface area (Å²) in [5.74, 6) is 1.54. The van der Waals surface area contributed by atoms with Crippen LogP contribution < -0.4 is 0 Å². The summed E-state index contributed by atoms with van der Waals surface area (Å²) in [7, 11) is 0. The summed E-state index contributed by atoms with van der Waals surface area (Å²) < 4.78 is 2.15. The first kappa shape index (κ1) is 16.9. The summed E-state index contributed by atoms with van der Waals surface area (Å²) in [6, 6.07) is 14.6. The molecule has 0 saturated heterocycles. The Hall–Kier alpha value is -1.92. The second kappa shape index (κ2) is 8.26. The topological polar surface area (TPSA) is 47.8 Å². The Morgan fingerprint density at radius 1 is 1.17 bits per heavy atom. The van der Waals surface area contributed by atoms with E-state index in [9.17, 15) is 4.79 Å². The lowest BCUT2D eigenvalue weighted by Gasteiger charge is -2.09. The number of thiophene rings is 1. The van der Waals surface area contributed by atoms with Crippen LogP contribution in [-0.2, 0) is 24.2 Å². The molecule has 0 amide bonds. The maximum atomic E-state index is 11.3. The van der Waals surface area contributed by atoms with Crippen molar-refractivity contribution in [1.82, 2.24) is 14.8 Å². The van der Waals surface area contributed by atoms with Gasteiger partial charge in [0.05, 0.1) is 5.75 Å². The SMILES string of the molecule is CC(=O)CSc1nnc(Cc2cccs2)n1CCc1ccccc1. The van der Waals surface area contributed by atoms with Gasteiger partial charge in [0.2, 0.25) is 0 Å². The molecular weight excluding hydrogens is 338 g/mol. The Morgan fingerprint density at radius 3 is 2.71 bits per heavy atom. The van der Waals surface area contributed by atoms with Crippen LogP contribution in [0.1, 0.15) is 23.2 Å². The zero-order chi connectivity index (χ0) is 16.8. The molecule has 3 aromatic rings. The minimum absolute atomic E-state index is 0.150. The molecule has 3 rings (SSSR count). The monoisotopic (exact) mass is 357 g/mol. The zero-order valence-electron chi connectivity index (χ0n) is 13.5. The van der Waals surface area contributed by atoms with E-state index in [2.05, 4.69) is 56.5 Å². The van der Waals surface area contributed by atoms with E-state index < -0.39 is 0 Å². The number of aryl methyl sites for hydroxylation is 1. The Bertz CT molecular complexity index is 782. The molecule has 6 heteroatoms. The number of rotatable bonds is 8. The molecule has 24 heavy (non-hydrogen) atoms. The van der Waals surface area contributed by atoms with Crippen molar-refractivity contribution in [3.05, 3.63) is 64.1 Å². The van der Waals surface area contributed by atoms with Crippen molar-refractivity contribution in [2.24, 2.45) is 0 Å². The highest BCUT2D eigenvalue weighted by Gasteiger charge is 2.14. The van der Waals surface area contributed by atoms with Gasteiger partial charge in [-0.25, -0.2) is 0 Å². The van der Waals surface area contributed by atoms with Crippen LogP contribution in [0.3, 0.4) is 0 Å². The molecule has 0 aliphatic rings. The molecule has 0 aliphatic heterocycles. The summed E-state index contributed by atoms with van der Waals surface area (Å²) in [6.07, 6.45) is 1.70. The molecular formula is C18H19N3OS2. The minimum atomic E-state index is 0.150. The molecule has 4 nitrogen and oxygen atoms in total. The van der Waals surface area contributed by atoms with Gasteiger partial charge in [-0.3, -0.25) is 4.79 Å². The van der Waals surface area contributed by atoms with E-state index in [0.29, 0.717) is 5.75 Å². The van der Waals surface area contributed by atoms with E-state index in [1.165, 1.54) is 22.2 Å². The van der Waals surface area contributed by atoms with E-state index in [1.54, 1.807) is 18.3 Å². The van der Waals surface area contributed by atoms with Gasteiger partial charge in [-0.05, 0) is 30.4 Å². The lowest BCUT2D eigenvalue weighted by Crippen LogP contribution is -2.09. The quantitative estimate of drug-likeness (QED) is 0.575. The summed E-state index contributed by atoms with van der Waals surface area (Å²) in [5.41, 5.74) is 1.29. The number of Topliss-reactive ketones (excluding diaryl/α,β-unsaturated/α-hetero) is 1. The Balaban J connectivity index is 1.78. The Morgan fingerprint density at radius 2 is 2.00 bits per heavy atom. The number of carbonyl (C=O) groups is 1. The molecule has 1 aromatic carbocycles. The van der Waals surface area contributed by atoms with Crippen LogP contribution in [-0.4, -0.2) is 26.3 Å². The first-order valence-electron chi connectivity index (χ1n) is 7.83. The first-order chi connectivity index (χ1) is 11.7. The predicted molar refractivity (Wildman–Crippen MR) is 98.7 cm³/mol. The van der Waals surface area contributed by atoms with Gasteiger partial charge in [-0.15, -0.1) is 21.5 Å². The van der Waals surface area contributed by atoms with Gasteiger partial charge in [0.1, 0.15) is 11.6 Å². The normalized spacial score (nSPS) is 10.9. The molecule has 0 spiro atoms. The van der Waals surface area contributed by atoms with E-state index in [-0.39, 0.29) is 5.78 Å². The maximum Gasteiger partial charge on any atom is 0.191 e. The Labute approximate surface area is 149 Å². The lowest BCUT2D eigenvalue weighted by atomic mass is 10.1. The first-order valence-corrected chi connectivity index (χ1v) is 9.69. The van der Waals surface area contributed by atoms with Crippen LogP contribution in [0.2, 0.25) is 0 Å². The van der Waals surface area contributed by atoms with Gasteiger partial charge >= 0.3 is 0 Å². The molecule has 0 atom stereocenters. The standard InChI is InChI=1S/C18H19N3OS2/c1-14(22)13-24-18-20-19-17(12-16-8-5-11-23-16)21(18)10-9-15-6-3-2-4-7-15/h2-8,11H,9-10,12-13H2,1H3. The fourth-order valence-electron chi connectivity index (χ4n) is 2.40. The van der Waals surface area contributed by atoms with E-state index in [1.807, 2.05) is 6.07 Å². The van der Waals surface area contributed by atoms with Crippen molar-refractivity contribution in [2.45, 2.75) is 31.5 Å². The molecule has 2 heterocycles. The smallest absolute Gasteiger partial charge is 0.191 e. The number of hydrogen-bond acceptors (Lipinski definition) is 5. The van der Waals surface area contributed by atoms with Crippen molar-refractivity contribution >= 4 is 28.9 Å². The third-order valence-corrected chi connectivity index (χ3v) is 5.56. The molecule has 0 unspecified atom stereocenters. The molecule has 0 fully saturated rings. The predicted octanol–water partition coefficient (Wildman–Crippen LogP) is 3.85. The average molecular weight is 358 g/mol. The number of benzene rings is 1. The van der Waals surface area contributed by atoms with Crippen LogP contribution in [0.5, 0.6) is 0 Å². The second-order valence-corrected chi connectivity index (χ2v) is 7.51. The second-order valence-electron chi connectivity index (χ2n) is 5.53. The molecule has 0 aliphatic carbocycles. The largest absolute Gasteiger partial charge is 0.305 e. The van der Waals surface area contributed by atoms with Crippen molar-refractivity contribution in [3.8, 4) is 0 Å². The van der Waals surface area contributed by atoms with Gasteiger partial charge in [0.25, 0.3) is 0 Å². The highest BCUT2D eigenvalue weighted by atomic mass is 32.2. The number of thioether (sulfide) groups is 1. The van der Waals surface area contributed by atoms with Crippen molar-refractivity contribution in [2.75, 3.05) is 5.75 Å². The summed E-state index contributed by atoms with van der Waals surface area (Å²) in [4.78, 5) is 12.6. The number of carbonyl (C=O) groups excluding carboxylic acids is 1. The number of ketones is 1. The van der Waals surface area contributed by atoms with Crippen molar-refractivity contribution in [1.29, 1.82) is 0 Å². The molecule has 0 bridgehead atoms. The molecule has 0 N–H and O–H groups in total. The maximum absolute atomic E-state index is 11.3. The average Bonchev–Trinajstić information content (AvgIpc) is 3.22. The zero-order valence-corrected chi connectivity index (χ0v) is 15.1. The van der Waals surface area contributed by atoms with Crippen LogP contribution in [0.15, 0.2) is 53.0 Å².